The molecule has 6 nitrogen and oxygen atoms in total. The van der Waals surface area contributed by atoms with Gasteiger partial charge in [0, 0.05) is 40.5 Å². The molecule has 0 bridgehead atoms. The molecule has 0 amide bonds. The van der Waals surface area contributed by atoms with E-state index in [-0.39, 0.29) is 17.4 Å². The second kappa shape index (κ2) is 9.95. The van der Waals surface area contributed by atoms with Gasteiger partial charge < -0.3 is 4.57 Å². The van der Waals surface area contributed by atoms with Crippen LogP contribution in [0.25, 0.3) is 28.0 Å². The van der Waals surface area contributed by atoms with Crippen molar-refractivity contribution in [2.45, 2.75) is 18.1 Å². The SMILES string of the molecule is N#CCCn1cc(C(=O)CSc2nnc(-c3ccc(F)cc3)n2-c2ccccc2)c2ccccc21. The lowest BCUT2D eigenvalue weighted by atomic mass is 10.1. The highest BCUT2D eigenvalue weighted by Gasteiger charge is 2.20. The van der Waals surface area contributed by atoms with Crippen LogP contribution in [-0.4, -0.2) is 30.9 Å². The normalized spacial score (nSPS) is 11.0. The Morgan fingerprint density at radius 2 is 1.71 bits per heavy atom. The summed E-state index contributed by atoms with van der Waals surface area (Å²) in [5.74, 6) is 0.376. The molecule has 35 heavy (non-hydrogen) atoms. The van der Waals surface area contributed by atoms with E-state index in [0.29, 0.717) is 29.5 Å². The third-order valence-corrected chi connectivity index (χ3v) is 6.56. The smallest absolute Gasteiger partial charge is 0.196 e. The topological polar surface area (TPSA) is 76.5 Å². The highest BCUT2D eigenvalue weighted by Crippen LogP contribution is 2.30. The third-order valence-electron chi connectivity index (χ3n) is 5.64. The van der Waals surface area contributed by atoms with Crippen molar-refractivity contribution >= 4 is 28.4 Å². The summed E-state index contributed by atoms with van der Waals surface area (Å²) in [5, 5.41) is 19.1. The van der Waals surface area contributed by atoms with Crippen molar-refractivity contribution in [3.05, 3.63) is 96.4 Å². The Morgan fingerprint density at radius 3 is 2.49 bits per heavy atom. The number of halogens is 1. The van der Waals surface area contributed by atoms with E-state index in [1.807, 2.05) is 69.9 Å². The van der Waals surface area contributed by atoms with Gasteiger partial charge in [-0.25, -0.2) is 4.39 Å². The van der Waals surface area contributed by atoms with Gasteiger partial charge in [-0.05, 0) is 42.5 Å². The van der Waals surface area contributed by atoms with Crippen LogP contribution < -0.4 is 0 Å². The Labute approximate surface area is 205 Å². The number of hydrogen-bond acceptors (Lipinski definition) is 5. The first-order valence-electron chi connectivity index (χ1n) is 11.0. The van der Waals surface area contributed by atoms with Gasteiger partial charge >= 0.3 is 0 Å². The Morgan fingerprint density at radius 1 is 0.971 bits per heavy atom. The number of hydrogen-bond donors (Lipinski definition) is 0. The number of carbonyl (C=O) groups excluding carboxylic acids is 1. The van der Waals surface area contributed by atoms with Gasteiger partial charge in [-0.2, -0.15) is 5.26 Å². The number of nitrogens with zero attached hydrogens (tertiary/aromatic N) is 5. The van der Waals surface area contributed by atoms with Crippen LogP contribution in [0.3, 0.4) is 0 Å². The number of thioether (sulfide) groups is 1. The molecule has 2 heterocycles. The van der Waals surface area contributed by atoms with E-state index in [1.54, 1.807) is 12.1 Å². The number of nitriles is 1. The first kappa shape index (κ1) is 22.6. The zero-order valence-electron chi connectivity index (χ0n) is 18.6. The lowest BCUT2D eigenvalue weighted by Gasteiger charge is -2.10. The molecule has 0 saturated carbocycles. The van der Waals surface area contributed by atoms with Crippen LogP contribution in [0.5, 0.6) is 0 Å². The summed E-state index contributed by atoms with van der Waals surface area (Å²) in [6, 6.07) is 25.6. The molecular formula is C27H20FN5OS. The highest BCUT2D eigenvalue weighted by molar-refractivity contribution is 7.99. The summed E-state index contributed by atoms with van der Waals surface area (Å²) in [4.78, 5) is 13.3. The van der Waals surface area contributed by atoms with Crippen molar-refractivity contribution in [2.75, 3.05) is 5.75 Å². The molecule has 0 spiro atoms. The standard InChI is InChI=1S/C27H20FN5OS/c28-20-13-11-19(12-14-20)26-30-31-27(33(26)21-7-2-1-3-8-21)35-18-25(34)23-17-32(16-6-15-29)24-10-5-4-9-22(23)24/h1-5,7-14,17H,6,16,18H2. The number of rotatable bonds is 8. The number of para-hydroxylation sites is 2. The molecule has 0 saturated heterocycles. The maximum Gasteiger partial charge on any atom is 0.196 e. The van der Waals surface area contributed by atoms with E-state index in [1.165, 1.54) is 23.9 Å². The van der Waals surface area contributed by atoms with Crippen molar-refractivity contribution in [3.8, 4) is 23.1 Å². The van der Waals surface area contributed by atoms with Crippen LogP contribution in [0.4, 0.5) is 4.39 Å². The zero-order chi connectivity index (χ0) is 24.2. The Hall–Kier alpha value is -4.22. The van der Waals surface area contributed by atoms with E-state index in [0.717, 1.165) is 22.2 Å². The van der Waals surface area contributed by atoms with Crippen molar-refractivity contribution in [1.82, 2.24) is 19.3 Å². The fourth-order valence-corrected chi connectivity index (χ4v) is 4.83. The predicted molar refractivity (Wildman–Crippen MR) is 134 cm³/mol. The van der Waals surface area contributed by atoms with E-state index in [2.05, 4.69) is 16.3 Å². The quantitative estimate of drug-likeness (QED) is 0.203. The second-order valence-corrected chi connectivity index (χ2v) is 8.80. The van der Waals surface area contributed by atoms with Crippen molar-refractivity contribution in [2.24, 2.45) is 0 Å². The maximum atomic E-state index is 13.5. The van der Waals surface area contributed by atoms with Crippen molar-refractivity contribution in [3.63, 3.8) is 0 Å². The molecule has 0 unspecified atom stereocenters. The van der Waals surface area contributed by atoms with Crippen molar-refractivity contribution < 1.29 is 9.18 Å². The average molecular weight is 482 g/mol. The molecule has 0 aliphatic carbocycles. The van der Waals surface area contributed by atoms with E-state index in [4.69, 9.17) is 5.26 Å². The van der Waals surface area contributed by atoms with Gasteiger partial charge in [0.15, 0.2) is 16.8 Å². The molecule has 0 fully saturated rings. The number of benzene rings is 3. The minimum absolute atomic E-state index is 0.0344. The maximum absolute atomic E-state index is 13.5. The number of ketones is 1. The van der Waals surface area contributed by atoms with E-state index < -0.39 is 0 Å². The number of aromatic nitrogens is 4. The largest absolute Gasteiger partial charge is 0.346 e. The van der Waals surface area contributed by atoms with Crippen LogP contribution in [-0.2, 0) is 6.54 Å². The first-order valence-corrected chi connectivity index (χ1v) is 12.0. The van der Waals surface area contributed by atoms with Gasteiger partial charge in [0.2, 0.25) is 0 Å². The lowest BCUT2D eigenvalue weighted by Crippen LogP contribution is -2.05. The summed E-state index contributed by atoms with van der Waals surface area (Å²) in [5.41, 5.74) is 3.12. The lowest BCUT2D eigenvalue weighted by molar-refractivity contribution is 0.102. The highest BCUT2D eigenvalue weighted by atomic mass is 32.2. The van der Waals surface area contributed by atoms with E-state index >= 15 is 0 Å². The molecule has 3 aromatic carbocycles. The average Bonchev–Trinajstić information content (AvgIpc) is 3.49. The molecule has 0 aliphatic rings. The summed E-state index contributed by atoms with van der Waals surface area (Å²) in [6.07, 6.45) is 2.20. The minimum Gasteiger partial charge on any atom is -0.346 e. The van der Waals surface area contributed by atoms with E-state index in [9.17, 15) is 9.18 Å². The number of aryl methyl sites for hydroxylation is 1. The van der Waals surface area contributed by atoms with Crippen molar-refractivity contribution in [1.29, 1.82) is 5.26 Å². The van der Waals surface area contributed by atoms with Crippen LogP contribution in [0.2, 0.25) is 0 Å². The molecule has 0 N–H and O–H groups in total. The molecule has 0 aliphatic heterocycles. The molecule has 172 valence electrons. The summed E-state index contributed by atoms with van der Waals surface area (Å²) >= 11 is 1.30. The molecule has 8 heteroatoms. The molecule has 0 radical (unpaired) electrons. The van der Waals surface area contributed by atoms with Gasteiger partial charge in [0.25, 0.3) is 0 Å². The van der Waals surface area contributed by atoms with Crippen LogP contribution in [0.1, 0.15) is 16.8 Å². The fraction of sp³-hybridized carbons (Fsp3) is 0.111. The van der Waals surface area contributed by atoms with Gasteiger partial charge in [-0.1, -0.05) is 48.2 Å². The Balaban J connectivity index is 1.46. The minimum atomic E-state index is -0.325. The van der Waals surface area contributed by atoms with Gasteiger partial charge in [0.1, 0.15) is 5.82 Å². The number of fused-ring (bicyclic) bond motifs is 1. The Kier molecular flexibility index (Phi) is 6.42. The van der Waals surface area contributed by atoms with Crippen LogP contribution in [0, 0.1) is 17.1 Å². The molecule has 0 atom stereocenters. The van der Waals surface area contributed by atoms with Gasteiger partial charge in [-0.3, -0.25) is 9.36 Å². The van der Waals surface area contributed by atoms with Crippen LogP contribution >= 0.6 is 11.8 Å². The Bertz CT molecular complexity index is 1530. The van der Waals surface area contributed by atoms with Gasteiger partial charge in [0.05, 0.1) is 18.2 Å². The molecular weight excluding hydrogens is 461 g/mol. The summed E-state index contributed by atoms with van der Waals surface area (Å²) in [7, 11) is 0. The molecule has 2 aromatic heterocycles. The number of Topliss-reactive ketones (excluding diaryl/α,β-unsaturated/α-hetero) is 1. The third kappa shape index (κ3) is 4.59. The zero-order valence-corrected chi connectivity index (χ0v) is 19.5. The first-order chi connectivity index (χ1) is 17.2. The second-order valence-electron chi connectivity index (χ2n) is 7.86. The number of carbonyl (C=O) groups is 1. The van der Waals surface area contributed by atoms with Gasteiger partial charge in [-0.15, -0.1) is 10.2 Å². The molecule has 5 aromatic rings. The predicted octanol–water partition coefficient (Wildman–Crippen LogP) is 5.92. The summed E-state index contributed by atoms with van der Waals surface area (Å²) in [6.45, 7) is 0.529. The summed E-state index contributed by atoms with van der Waals surface area (Å²) < 4.78 is 17.3. The monoisotopic (exact) mass is 481 g/mol. The fourth-order valence-electron chi connectivity index (χ4n) is 3.99. The molecule has 5 rings (SSSR count). The van der Waals surface area contributed by atoms with Crippen LogP contribution in [0.15, 0.2) is 90.2 Å².